The molecule has 1 saturated carbocycles. The van der Waals surface area contributed by atoms with E-state index in [4.69, 9.17) is 15.1 Å². The first-order valence-corrected chi connectivity index (χ1v) is 10.7. The Labute approximate surface area is 217 Å². The van der Waals surface area contributed by atoms with Crippen molar-refractivity contribution in [2.75, 3.05) is 13.0 Å². The second kappa shape index (κ2) is 8.99. The first-order chi connectivity index (χ1) is 20.5. The van der Waals surface area contributed by atoms with Crippen molar-refractivity contribution in [3.05, 3.63) is 0 Å². The fraction of sp³-hybridized carbons (Fsp3) is 0.783. The van der Waals surface area contributed by atoms with Gasteiger partial charge in [-0.25, -0.2) is 0 Å². The Hall–Kier alpha value is -2.84. The van der Waals surface area contributed by atoms with Gasteiger partial charge in [-0.3, -0.25) is 19.2 Å². The molecular weight excluding hydrogens is 467 g/mol. The zero-order valence-corrected chi connectivity index (χ0v) is 18.7. The number of fused-ring (bicyclic) bond motifs is 1. The van der Waals surface area contributed by atoms with Crippen molar-refractivity contribution in [3.8, 4) is 6.07 Å². The van der Waals surface area contributed by atoms with Crippen LogP contribution in [0.5, 0.6) is 0 Å². The second-order valence-electron chi connectivity index (χ2n) is 9.59. The van der Waals surface area contributed by atoms with Crippen LogP contribution < -0.4 is 16.0 Å². The standard InChI is InChI=1S/C23H32F3N5O4/c1-21(2,3)16(30-20(35)23(24,25)26)19(34)31-10-13-14(22(13,4)5)15(31)18(33)29-12(9-27)8-11-6-7-28-17(11)32/h11-16H,6-8,10H2,1-5H3,(H,28,32)(H,29,33)(H,30,35)/t11-,12-,13-,14-,15-,16?/m0/s1/i1D3,2D3,3D3,7D2. The molecule has 4 amide bonds. The number of rotatable bonds is 6. The van der Waals surface area contributed by atoms with Gasteiger partial charge in [0.05, 0.1) is 6.07 Å². The number of nitriles is 1. The molecule has 0 radical (unpaired) electrons. The predicted octanol–water partition coefficient (Wildman–Crippen LogP) is 1.10. The van der Waals surface area contributed by atoms with Crippen LogP contribution in [0, 0.1) is 39.9 Å². The van der Waals surface area contributed by atoms with Crippen LogP contribution in [0.2, 0.25) is 0 Å². The molecule has 0 bridgehead atoms. The highest BCUT2D eigenvalue weighted by Gasteiger charge is 2.70. The lowest BCUT2D eigenvalue weighted by molar-refractivity contribution is -0.176. The molecule has 6 atom stereocenters. The van der Waals surface area contributed by atoms with Gasteiger partial charge in [-0.15, -0.1) is 0 Å². The first kappa shape index (κ1) is 15.3. The SMILES string of the molecule is [2H]C1([2H])C[C@@H](C[C@@H](C#N)NC(=O)[C@@H]2[C@@H]3[C@H](CN2C(=O)C(NC(=O)C(F)(F)F)C(C([2H])([2H])[2H])(C([2H])([2H])[2H])C([2H])([2H])[2H])C3(C)C)C(=O)N1. The quantitative estimate of drug-likeness (QED) is 0.492. The highest BCUT2D eigenvalue weighted by molar-refractivity contribution is 5.95. The van der Waals surface area contributed by atoms with Crippen molar-refractivity contribution >= 4 is 23.6 Å². The highest BCUT2D eigenvalue weighted by Crippen LogP contribution is 2.65. The number of halogens is 3. The van der Waals surface area contributed by atoms with Crippen LogP contribution in [0.4, 0.5) is 13.2 Å². The molecule has 3 aliphatic rings. The van der Waals surface area contributed by atoms with E-state index in [1.807, 2.05) is 0 Å². The zero-order chi connectivity index (χ0) is 35.8. The number of carbonyl (C=O) groups excluding carboxylic acids is 4. The largest absolute Gasteiger partial charge is 0.471 e. The first-order valence-electron chi connectivity index (χ1n) is 16.2. The summed E-state index contributed by atoms with van der Waals surface area (Å²) in [6.07, 6.45) is -6.54. The van der Waals surface area contributed by atoms with E-state index in [1.54, 1.807) is 19.9 Å². The van der Waals surface area contributed by atoms with Crippen LogP contribution >= 0.6 is 0 Å². The lowest BCUT2D eigenvalue weighted by Crippen LogP contribution is -2.61. The number of alkyl halides is 3. The molecule has 2 aliphatic heterocycles. The third-order valence-electron chi connectivity index (χ3n) is 6.90. The lowest BCUT2D eigenvalue weighted by atomic mass is 9.85. The lowest BCUT2D eigenvalue weighted by Gasteiger charge is -2.37. The molecule has 2 saturated heterocycles. The van der Waals surface area contributed by atoms with E-state index in [-0.39, 0.29) is 12.8 Å². The molecule has 0 aromatic rings. The third kappa shape index (κ3) is 5.23. The van der Waals surface area contributed by atoms with Crippen LogP contribution in [0.3, 0.4) is 0 Å². The molecule has 0 aromatic carbocycles. The average Bonchev–Trinajstić information content (AvgIpc) is 3.12. The molecule has 9 nitrogen and oxygen atoms in total. The number of carbonyl (C=O) groups is 4. The van der Waals surface area contributed by atoms with Crippen molar-refractivity contribution in [1.29, 1.82) is 5.26 Å². The Bertz CT molecular complexity index is 1290. The van der Waals surface area contributed by atoms with E-state index in [0.29, 0.717) is 4.90 Å². The molecule has 1 aliphatic carbocycles. The van der Waals surface area contributed by atoms with E-state index in [9.17, 15) is 37.6 Å². The smallest absolute Gasteiger partial charge is 0.356 e. The van der Waals surface area contributed by atoms with Crippen LogP contribution in [0.15, 0.2) is 0 Å². The van der Waals surface area contributed by atoms with Gasteiger partial charge in [0, 0.05) is 34.0 Å². The molecule has 0 spiro atoms. The van der Waals surface area contributed by atoms with Crippen LogP contribution in [-0.4, -0.2) is 65.9 Å². The predicted molar refractivity (Wildman–Crippen MR) is 117 cm³/mol. The minimum atomic E-state index is -5.82. The fourth-order valence-corrected chi connectivity index (χ4v) is 4.88. The Kier molecular flexibility index (Phi) is 3.93. The highest BCUT2D eigenvalue weighted by atomic mass is 19.4. The number of amides is 4. The topological polar surface area (TPSA) is 131 Å². The fourth-order valence-electron chi connectivity index (χ4n) is 4.88. The maximum atomic E-state index is 14.1. The Morgan fingerprint density at radius 3 is 2.49 bits per heavy atom. The number of likely N-dealkylation sites (tertiary alicyclic amines) is 1. The van der Waals surface area contributed by atoms with Crippen LogP contribution in [0.1, 0.15) is 62.3 Å². The summed E-state index contributed by atoms with van der Waals surface area (Å²) >= 11 is 0. The molecule has 1 unspecified atom stereocenters. The summed E-state index contributed by atoms with van der Waals surface area (Å²) in [5.74, 6) is -9.13. The number of piperidine rings is 1. The summed E-state index contributed by atoms with van der Waals surface area (Å²) in [7, 11) is 0. The van der Waals surface area contributed by atoms with E-state index in [0.717, 1.165) is 5.32 Å². The average molecular weight is 511 g/mol. The van der Waals surface area contributed by atoms with E-state index in [1.165, 1.54) is 0 Å². The summed E-state index contributed by atoms with van der Waals surface area (Å²) < 4.78 is 127. The van der Waals surface area contributed by atoms with E-state index < -0.39 is 110 Å². The molecular formula is C23H32F3N5O4. The van der Waals surface area contributed by atoms with Gasteiger partial charge in [-0.05, 0) is 35.5 Å². The van der Waals surface area contributed by atoms with E-state index in [2.05, 4.69) is 10.6 Å². The van der Waals surface area contributed by atoms with Crippen molar-refractivity contribution in [3.63, 3.8) is 0 Å². The van der Waals surface area contributed by atoms with Gasteiger partial charge in [0.15, 0.2) is 0 Å². The zero-order valence-electron chi connectivity index (χ0n) is 29.7. The number of nitrogens with one attached hydrogen (secondary N) is 3. The molecule has 3 N–H and O–H groups in total. The van der Waals surface area contributed by atoms with Gasteiger partial charge >= 0.3 is 12.1 Å². The molecule has 3 fully saturated rings. The molecule has 2 heterocycles. The Balaban J connectivity index is 2.09. The molecule has 3 rings (SSSR count). The van der Waals surface area contributed by atoms with Crippen molar-refractivity contribution in [1.82, 2.24) is 20.9 Å². The molecule has 12 heteroatoms. The summed E-state index contributed by atoms with van der Waals surface area (Å²) in [5.41, 5.74) is -5.00. The van der Waals surface area contributed by atoms with Crippen LogP contribution in [0.25, 0.3) is 0 Å². The van der Waals surface area contributed by atoms with Gasteiger partial charge < -0.3 is 20.9 Å². The molecule has 194 valence electrons. The van der Waals surface area contributed by atoms with Crippen molar-refractivity contribution in [2.45, 2.75) is 71.5 Å². The van der Waals surface area contributed by atoms with Gasteiger partial charge in [0.1, 0.15) is 18.1 Å². The monoisotopic (exact) mass is 510 g/mol. The van der Waals surface area contributed by atoms with Crippen molar-refractivity contribution < 1.29 is 47.4 Å². The van der Waals surface area contributed by atoms with Gasteiger partial charge in [-0.1, -0.05) is 34.4 Å². The van der Waals surface area contributed by atoms with Crippen molar-refractivity contribution in [2.24, 2.45) is 28.6 Å². The number of hydrogen-bond donors (Lipinski definition) is 3. The van der Waals surface area contributed by atoms with Gasteiger partial charge in [0.25, 0.3) is 0 Å². The van der Waals surface area contributed by atoms with Gasteiger partial charge in [0.2, 0.25) is 17.7 Å². The summed E-state index contributed by atoms with van der Waals surface area (Å²) in [6, 6.07) is -4.79. The summed E-state index contributed by atoms with van der Waals surface area (Å²) in [6.45, 7) is -11.9. The number of hydrogen-bond acceptors (Lipinski definition) is 5. The maximum absolute atomic E-state index is 14.1. The number of nitrogens with zero attached hydrogens (tertiary/aromatic N) is 2. The minimum Gasteiger partial charge on any atom is -0.356 e. The summed E-state index contributed by atoms with van der Waals surface area (Å²) in [4.78, 5) is 52.5. The molecule has 0 aromatic heterocycles. The summed E-state index contributed by atoms with van der Waals surface area (Å²) in [5, 5.41) is 15.1. The Morgan fingerprint density at radius 1 is 1.31 bits per heavy atom. The van der Waals surface area contributed by atoms with E-state index >= 15 is 0 Å². The normalized spacial score (nSPS) is 36.1. The maximum Gasteiger partial charge on any atom is 0.471 e. The molecule has 35 heavy (non-hydrogen) atoms. The van der Waals surface area contributed by atoms with Crippen LogP contribution in [-0.2, 0) is 19.2 Å². The third-order valence-corrected chi connectivity index (χ3v) is 6.90. The van der Waals surface area contributed by atoms with Gasteiger partial charge in [-0.2, -0.15) is 18.4 Å². The minimum absolute atomic E-state index is 0.340. The second-order valence-corrected chi connectivity index (χ2v) is 9.59. The Morgan fingerprint density at radius 2 is 1.97 bits per heavy atom.